The van der Waals surface area contributed by atoms with Gasteiger partial charge >= 0.3 is 0 Å². The number of aliphatic hydroxyl groups is 1. The third-order valence-corrected chi connectivity index (χ3v) is 9.82. The van der Waals surface area contributed by atoms with Gasteiger partial charge in [0, 0.05) is 57.9 Å². The molecule has 3 aliphatic rings. The van der Waals surface area contributed by atoms with E-state index in [9.17, 15) is 27.9 Å². The maximum Gasteiger partial charge on any atom is 0.296 e. The van der Waals surface area contributed by atoms with Crippen LogP contribution in [0.15, 0.2) is 59.0 Å². The van der Waals surface area contributed by atoms with Crippen molar-refractivity contribution in [2.75, 3.05) is 64.9 Å². The molecule has 0 bridgehead atoms. The highest BCUT2D eigenvalue weighted by Crippen LogP contribution is 2.53. The number of hydrogen-bond acceptors (Lipinski definition) is 8. The van der Waals surface area contributed by atoms with Gasteiger partial charge in [-0.05, 0) is 43.7 Å². The van der Waals surface area contributed by atoms with E-state index in [0.717, 1.165) is 17.4 Å². The van der Waals surface area contributed by atoms with Gasteiger partial charge in [-0.3, -0.25) is 19.3 Å². The molecule has 1 N–H and O–H groups in total. The maximum atomic E-state index is 14.3. The Morgan fingerprint density at radius 1 is 1.00 bits per heavy atom. The third-order valence-electron chi connectivity index (χ3n) is 7.99. The zero-order chi connectivity index (χ0) is 29.5. The molecule has 12 heteroatoms. The second kappa shape index (κ2) is 11.0. The fourth-order valence-electron chi connectivity index (χ4n) is 5.90. The second-order valence-electron chi connectivity index (χ2n) is 10.4. The first-order chi connectivity index (χ1) is 19.6. The Morgan fingerprint density at radius 3 is 2.29 bits per heavy atom. The molecule has 1 unspecified atom stereocenters. The smallest absolute Gasteiger partial charge is 0.296 e. The van der Waals surface area contributed by atoms with Gasteiger partial charge in [-0.1, -0.05) is 18.2 Å². The van der Waals surface area contributed by atoms with E-state index >= 15 is 0 Å². The Balaban J connectivity index is 1.63. The first-order valence-electron chi connectivity index (χ1n) is 13.6. The summed E-state index contributed by atoms with van der Waals surface area (Å²) in [5, 5.41) is 11.6. The first-order valence-corrected chi connectivity index (χ1v) is 15.0. The number of hydrogen-bond donors (Lipinski definition) is 1. The maximum absolute atomic E-state index is 14.3. The van der Waals surface area contributed by atoms with Gasteiger partial charge < -0.3 is 19.6 Å². The summed E-state index contributed by atoms with van der Waals surface area (Å²) in [6.07, 6.45) is 0.507. The van der Waals surface area contributed by atoms with Gasteiger partial charge in [0.05, 0.1) is 29.4 Å². The number of para-hydroxylation sites is 1. The van der Waals surface area contributed by atoms with Crippen molar-refractivity contribution in [1.29, 1.82) is 0 Å². The van der Waals surface area contributed by atoms with Crippen LogP contribution in [0.1, 0.15) is 24.5 Å². The number of carbonyl (C=O) groups is 3. The van der Waals surface area contributed by atoms with Crippen molar-refractivity contribution in [2.45, 2.75) is 23.8 Å². The van der Waals surface area contributed by atoms with Crippen LogP contribution in [0, 0.1) is 0 Å². The van der Waals surface area contributed by atoms with Crippen LogP contribution in [0.2, 0.25) is 0 Å². The van der Waals surface area contributed by atoms with Gasteiger partial charge in [0.2, 0.25) is 10.0 Å². The van der Waals surface area contributed by atoms with Gasteiger partial charge in [-0.15, -0.1) is 0 Å². The van der Waals surface area contributed by atoms with Crippen molar-refractivity contribution in [2.24, 2.45) is 0 Å². The fourth-order valence-corrected chi connectivity index (χ4v) is 6.80. The van der Waals surface area contributed by atoms with Crippen LogP contribution >= 0.6 is 0 Å². The molecule has 2 saturated heterocycles. The number of morpholine rings is 1. The quantitative estimate of drug-likeness (QED) is 0.283. The van der Waals surface area contributed by atoms with E-state index in [1.807, 2.05) is 6.92 Å². The monoisotopic (exact) mass is 582 g/mol. The van der Waals surface area contributed by atoms with Gasteiger partial charge in [-0.2, -0.15) is 0 Å². The predicted molar refractivity (Wildman–Crippen MR) is 152 cm³/mol. The van der Waals surface area contributed by atoms with E-state index in [1.165, 1.54) is 48.2 Å². The van der Waals surface area contributed by atoms with Crippen molar-refractivity contribution < 1.29 is 32.6 Å². The Hall–Kier alpha value is -3.58. The topological polar surface area (TPSA) is 128 Å². The van der Waals surface area contributed by atoms with Crippen molar-refractivity contribution in [3.63, 3.8) is 0 Å². The highest BCUT2D eigenvalue weighted by Gasteiger charge is 2.66. The third kappa shape index (κ3) is 4.55. The van der Waals surface area contributed by atoms with Gasteiger partial charge in [0.1, 0.15) is 5.76 Å². The summed E-state index contributed by atoms with van der Waals surface area (Å²) in [4.78, 5) is 46.7. The average Bonchev–Trinajstić information content (AvgIpc) is 3.35. The minimum absolute atomic E-state index is 0.00299. The molecule has 3 heterocycles. The summed E-state index contributed by atoms with van der Waals surface area (Å²) in [6, 6.07) is 12.4. The predicted octanol–water partition coefficient (Wildman–Crippen LogP) is 1.60. The molecule has 11 nitrogen and oxygen atoms in total. The number of fused-ring (bicyclic) bond motifs is 2. The summed E-state index contributed by atoms with van der Waals surface area (Å²) in [7, 11) is -0.918. The number of Topliss-reactive ketones (excluding diaryl/α,β-unsaturated/α-hetero) is 1. The van der Waals surface area contributed by atoms with Crippen LogP contribution in [0.3, 0.4) is 0 Å². The normalized spacial score (nSPS) is 22.8. The summed E-state index contributed by atoms with van der Waals surface area (Å²) in [5.41, 5.74) is -1.02. The molecule has 0 aromatic heterocycles. The second-order valence-corrected chi connectivity index (χ2v) is 12.6. The number of amides is 2. The molecule has 2 fully saturated rings. The molecule has 2 amide bonds. The van der Waals surface area contributed by atoms with Crippen molar-refractivity contribution >= 4 is 39.1 Å². The van der Waals surface area contributed by atoms with Crippen LogP contribution in [0.25, 0.3) is 5.76 Å². The van der Waals surface area contributed by atoms with E-state index in [4.69, 9.17) is 4.74 Å². The van der Waals surface area contributed by atoms with Crippen molar-refractivity contribution in [3.05, 3.63) is 65.2 Å². The average molecular weight is 583 g/mol. The van der Waals surface area contributed by atoms with Gasteiger partial charge in [-0.25, -0.2) is 12.7 Å². The molecular weight excluding hydrogens is 548 g/mol. The molecule has 5 rings (SSSR count). The van der Waals surface area contributed by atoms with Crippen LogP contribution < -0.4 is 4.90 Å². The Bertz CT molecular complexity index is 1510. The van der Waals surface area contributed by atoms with Crippen LogP contribution in [0.4, 0.5) is 5.69 Å². The molecule has 218 valence electrons. The Morgan fingerprint density at radius 2 is 1.66 bits per heavy atom. The number of aliphatic hydroxyl groups excluding tert-OH is 1. The number of likely N-dealkylation sites (N-methyl/N-ethyl adjacent to an activating group) is 1. The standard InChI is InChI=1S/C29H34N4O7S/c1-4-32-23-9-6-5-8-22(23)29(28(32)37)24(25(34)20-10-12-21(13-11-20)41(38,39)30(2)3)26(35)27(36)33(29)15-7-14-31-16-18-40-19-17-31/h5-6,8-13,34H,4,7,14-19H2,1-3H3/b25-24-. The number of likely N-dealkylation sites (tertiary alicyclic amines) is 1. The number of benzene rings is 2. The summed E-state index contributed by atoms with van der Waals surface area (Å²) < 4.78 is 31.6. The molecule has 41 heavy (non-hydrogen) atoms. The number of sulfonamides is 1. The fraction of sp³-hybridized carbons (Fsp3) is 0.414. The molecule has 1 atom stereocenters. The lowest BCUT2D eigenvalue weighted by Crippen LogP contribution is -2.52. The van der Waals surface area contributed by atoms with Crippen molar-refractivity contribution in [3.8, 4) is 0 Å². The summed E-state index contributed by atoms with van der Waals surface area (Å²) in [6.45, 7) is 5.64. The summed E-state index contributed by atoms with van der Waals surface area (Å²) >= 11 is 0. The Kier molecular flexibility index (Phi) is 7.77. The largest absolute Gasteiger partial charge is 0.507 e. The van der Waals surface area contributed by atoms with Gasteiger partial charge in [0.25, 0.3) is 17.6 Å². The number of ether oxygens (including phenoxy) is 1. The number of rotatable bonds is 8. The molecule has 0 saturated carbocycles. The molecule has 0 aliphatic carbocycles. The number of ketones is 1. The van der Waals surface area contributed by atoms with Crippen LogP contribution in [0.5, 0.6) is 0 Å². The number of nitrogens with zero attached hydrogens (tertiary/aromatic N) is 4. The highest BCUT2D eigenvalue weighted by molar-refractivity contribution is 7.89. The van der Waals surface area contributed by atoms with Crippen LogP contribution in [-0.4, -0.2) is 105 Å². The van der Waals surface area contributed by atoms with E-state index in [0.29, 0.717) is 44.0 Å². The van der Waals surface area contributed by atoms with Gasteiger partial charge in [0.15, 0.2) is 5.54 Å². The number of anilines is 1. The minimum Gasteiger partial charge on any atom is -0.507 e. The molecule has 2 aromatic carbocycles. The molecule has 1 spiro atoms. The molecular formula is C29H34N4O7S. The minimum atomic E-state index is -3.73. The van der Waals surface area contributed by atoms with Crippen molar-refractivity contribution in [1.82, 2.24) is 14.1 Å². The van der Waals surface area contributed by atoms with E-state index < -0.39 is 38.9 Å². The van der Waals surface area contributed by atoms with E-state index in [2.05, 4.69) is 4.90 Å². The zero-order valence-electron chi connectivity index (χ0n) is 23.4. The SMILES string of the molecule is CCN1C(=O)C2(/C(=C(\O)c3ccc(S(=O)(=O)N(C)C)cc3)C(=O)C(=O)N2CCCN2CCOCC2)c2ccccc21. The highest BCUT2D eigenvalue weighted by atomic mass is 32.2. The Labute approximate surface area is 239 Å². The zero-order valence-corrected chi connectivity index (χ0v) is 24.2. The lowest BCUT2D eigenvalue weighted by atomic mass is 9.82. The summed E-state index contributed by atoms with van der Waals surface area (Å²) in [5.74, 6) is -2.84. The molecule has 2 aromatic rings. The number of carbonyl (C=O) groups excluding carboxylic acids is 3. The van der Waals surface area contributed by atoms with E-state index in [1.54, 1.807) is 24.3 Å². The lowest BCUT2D eigenvalue weighted by molar-refractivity contribution is -0.143. The lowest BCUT2D eigenvalue weighted by Gasteiger charge is -2.35. The molecule has 0 radical (unpaired) electrons. The molecule has 3 aliphatic heterocycles. The first kappa shape index (κ1) is 28.9. The van der Waals surface area contributed by atoms with Crippen LogP contribution in [-0.2, 0) is 34.7 Å². The van der Waals surface area contributed by atoms with E-state index in [-0.39, 0.29) is 22.6 Å².